The van der Waals surface area contributed by atoms with Crippen molar-refractivity contribution in [2.45, 2.75) is 25.7 Å². The van der Waals surface area contributed by atoms with Crippen molar-refractivity contribution in [2.24, 2.45) is 5.92 Å². The highest BCUT2D eigenvalue weighted by Gasteiger charge is 2.21. The zero-order chi connectivity index (χ0) is 10.6. The Labute approximate surface area is 83.6 Å². The van der Waals surface area contributed by atoms with E-state index in [0.29, 0.717) is 0 Å². The zero-order valence-electron chi connectivity index (χ0n) is 8.22. The van der Waals surface area contributed by atoms with E-state index in [9.17, 15) is 0 Å². The molecule has 0 aliphatic heterocycles. The summed E-state index contributed by atoms with van der Waals surface area (Å²) in [5.74, 6) is -2.52. The standard InChI is InChI=1S/C11H16O3/c1-9(8-11(12,13)14)7-10-5-3-2-4-6-10/h2-6,9,12-14H,7-8H2,1H3. The van der Waals surface area contributed by atoms with E-state index in [1.807, 2.05) is 37.3 Å². The van der Waals surface area contributed by atoms with Crippen molar-refractivity contribution in [3.8, 4) is 0 Å². The molecule has 0 aromatic heterocycles. The normalized spacial score (nSPS) is 14.0. The number of benzene rings is 1. The van der Waals surface area contributed by atoms with Crippen LogP contribution >= 0.6 is 0 Å². The second-order valence-electron chi connectivity index (χ2n) is 3.77. The number of aliphatic hydroxyl groups is 3. The van der Waals surface area contributed by atoms with Crippen LogP contribution in [0.5, 0.6) is 0 Å². The van der Waals surface area contributed by atoms with Gasteiger partial charge in [-0.2, -0.15) is 0 Å². The minimum atomic E-state index is -2.55. The monoisotopic (exact) mass is 196 g/mol. The predicted octanol–water partition coefficient (Wildman–Crippen LogP) is 0.886. The number of hydrogen-bond acceptors (Lipinski definition) is 3. The van der Waals surface area contributed by atoms with Gasteiger partial charge in [-0.1, -0.05) is 37.3 Å². The molecule has 0 fully saturated rings. The quantitative estimate of drug-likeness (QED) is 0.627. The Balaban J connectivity index is 2.46. The molecule has 1 unspecified atom stereocenters. The summed E-state index contributed by atoms with van der Waals surface area (Å²) in [7, 11) is 0. The van der Waals surface area contributed by atoms with Gasteiger partial charge in [-0.3, -0.25) is 0 Å². The van der Waals surface area contributed by atoms with Crippen molar-refractivity contribution >= 4 is 0 Å². The fourth-order valence-electron chi connectivity index (χ4n) is 1.56. The van der Waals surface area contributed by atoms with Crippen LogP contribution < -0.4 is 0 Å². The van der Waals surface area contributed by atoms with Crippen molar-refractivity contribution in [1.82, 2.24) is 0 Å². The highest BCUT2D eigenvalue weighted by molar-refractivity contribution is 5.15. The first-order valence-electron chi connectivity index (χ1n) is 4.68. The molecular formula is C11H16O3. The van der Waals surface area contributed by atoms with E-state index in [4.69, 9.17) is 15.3 Å². The zero-order valence-corrected chi connectivity index (χ0v) is 8.22. The van der Waals surface area contributed by atoms with Crippen LogP contribution in [0.3, 0.4) is 0 Å². The lowest BCUT2D eigenvalue weighted by Crippen LogP contribution is -2.30. The van der Waals surface area contributed by atoms with E-state index in [-0.39, 0.29) is 12.3 Å². The first kappa shape index (κ1) is 11.2. The Morgan fingerprint density at radius 1 is 1.14 bits per heavy atom. The van der Waals surface area contributed by atoms with Gasteiger partial charge in [-0.15, -0.1) is 0 Å². The van der Waals surface area contributed by atoms with Gasteiger partial charge in [0.25, 0.3) is 5.97 Å². The van der Waals surface area contributed by atoms with Crippen molar-refractivity contribution < 1.29 is 15.3 Å². The summed E-state index contributed by atoms with van der Waals surface area (Å²) in [4.78, 5) is 0. The van der Waals surface area contributed by atoms with Crippen LogP contribution in [-0.4, -0.2) is 21.3 Å². The maximum Gasteiger partial charge on any atom is 0.275 e. The smallest absolute Gasteiger partial charge is 0.275 e. The third-order valence-corrected chi connectivity index (χ3v) is 2.05. The second-order valence-corrected chi connectivity index (χ2v) is 3.77. The minimum absolute atomic E-state index is 0.0254. The molecule has 14 heavy (non-hydrogen) atoms. The van der Waals surface area contributed by atoms with Crippen molar-refractivity contribution in [1.29, 1.82) is 0 Å². The van der Waals surface area contributed by atoms with Gasteiger partial charge in [0.05, 0.1) is 0 Å². The average Bonchev–Trinajstić information content (AvgIpc) is 2.02. The van der Waals surface area contributed by atoms with Crippen LogP contribution in [0.4, 0.5) is 0 Å². The highest BCUT2D eigenvalue weighted by atomic mass is 16.7. The summed E-state index contributed by atoms with van der Waals surface area (Å²) in [5.41, 5.74) is 1.13. The molecule has 3 N–H and O–H groups in total. The molecule has 0 radical (unpaired) electrons. The predicted molar refractivity (Wildman–Crippen MR) is 53.3 cm³/mol. The van der Waals surface area contributed by atoms with E-state index < -0.39 is 5.97 Å². The first-order valence-corrected chi connectivity index (χ1v) is 4.68. The van der Waals surface area contributed by atoms with Crippen LogP contribution in [0.15, 0.2) is 30.3 Å². The van der Waals surface area contributed by atoms with E-state index in [1.165, 1.54) is 0 Å². The van der Waals surface area contributed by atoms with Crippen molar-refractivity contribution in [2.75, 3.05) is 0 Å². The Morgan fingerprint density at radius 2 is 1.71 bits per heavy atom. The van der Waals surface area contributed by atoms with Gasteiger partial charge in [0.15, 0.2) is 0 Å². The molecule has 3 heteroatoms. The van der Waals surface area contributed by atoms with Gasteiger partial charge in [-0.05, 0) is 17.9 Å². The van der Waals surface area contributed by atoms with Gasteiger partial charge >= 0.3 is 0 Å². The maximum absolute atomic E-state index is 8.78. The largest absolute Gasteiger partial charge is 0.344 e. The molecule has 1 aromatic carbocycles. The third-order valence-electron chi connectivity index (χ3n) is 2.05. The Kier molecular flexibility index (Phi) is 3.63. The molecule has 78 valence electrons. The summed E-state index contributed by atoms with van der Waals surface area (Å²) >= 11 is 0. The Morgan fingerprint density at radius 3 is 2.21 bits per heavy atom. The molecule has 3 nitrogen and oxygen atoms in total. The minimum Gasteiger partial charge on any atom is -0.344 e. The molecule has 0 bridgehead atoms. The lowest BCUT2D eigenvalue weighted by atomic mass is 9.97. The van der Waals surface area contributed by atoms with Crippen LogP contribution in [-0.2, 0) is 6.42 Å². The lowest BCUT2D eigenvalue weighted by Gasteiger charge is -2.19. The molecule has 0 saturated heterocycles. The van der Waals surface area contributed by atoms with Crippen molar-refractivity contribution in [3.05, 3.63) is 35.9 Å². The number of rotatable bonds is 4. The SMILES string of the molecule is CC(Cc1ccccc1)CC(O)(O)O. The molecular weight excluding hydrogens is 180 g/mol. The van der Waals surface area contributed by atoms with Crippen LogP contribution in [0.25, 0.3) is 0 Å². The average molecular weight is 196 g/mol. The van der Waals surface area contributed by atoms with E-state index in [2.05, 4.69) is 0 Å². The Bertz CT molecular complexity index is 264. The second kappa shape index (κ2) is 4.55. The third kappa shape index (κ3) is 4.37. The topological polar surface area (TPSA) is 60.7 Å². The lowest BCUT2D eigenvalue weighted by molar-refractivity contribution is -0.319. The summed E-state index contributed by atoms with van der Waals surface area (Å²) in [6.45, 7) is 1.87. The fraction of sp³-hybridized carbons (Fsp3) is 0.455. The Hall–Kier alpha value is -0.900. The fourth-order valence-corrected chi connectivity index (χ4v) is 1.56. The van der Waals surface area contributed by atoms with E-state index >= 15 is 0 Å². The van der Waals surface area contributed by atoms with Gasteiger partial charge in [0.2, 0.25) is 0 Å². The first-order chi connectivity index (χ1) is 6.47. The molecule has 0 aliphatic carbocycles. The molecule has 0 heterocycles. The molecule has 0 aliphatic rings. The van der Waals surface area contributed by atoms with Crippen LogP contribution in [0, 0.1) is 5.92 Å². The van der Waals surface area contributed by atoms with Crippen molar-refractivity contribution in [3.63, 3.8) is 0 Å². The number of hydrogen-bond donors (Lipinski definition) is 3. The molecule has 0 amide bonds. The van der Waals surface area contributed by atoms with Gasteiger partial charge in [0, 0.05) is 6.42 Å². The van der Waals surface area contributed by atoms with Crippen LogP contribution in [0.2, 0.25) is 0 Å². The molecule has 1 rings (SSSR count). The summed E-state index contributed by atoms with van der Waals surface area (Å²) in [6, 6.07) is 9.76. The highest BCUT2D eigenvalue weighted by Crippen LogP contribution is 2.16. The molecule has 0 spiro atoms. The van der Waals surface area contributed by atoms with E-state index in [1.54, 1.807) is 0 Å². The molecule has 0 saturated carbocycles. The summed E-state index contributed by atoms with van der Waals surface area (Å²) in [6.07, 6.45) is 0.687. The van der Waals surface area contributed by atoms with Gasteiger partial charge in [0.1, 0.15) is 0 Å². The molecule has 1 aromatic rings. The van der Waals surface area contributed by atoms with Gasteiger partial charge < -0.3 is 15.3 Å². The molecule has 1 atom stereocenters. The van der Waals surface area contributed by atoms with Crippen LogP contribution in [0.1, 0.15) is 18.9 Å². The maximum atomic E-state index is 8.78. The summed E-state index contributed by atoms with van der Waals surface area (Å²) in [5, 5.41) is 26.3. The van der Waals surface area contributed by atoms with E-state index in [0.717, 1.165) is 12.0 Å². The summed E-state index contributed by atoms with van der Waals surface area (Å²) < 4.78 is 0. The van der Waals surface area contributed by atoms with Gasteiger partial charge in [-0.25, -0.2) is 0 Å².